The Morgan fingerprint density at radius 3 is 2.11 bits per heavy atom. The predicted octanol–water partition coefficient (Wildman–Crippen LogP) is 2.45. The van der Waals surface area contributed by atoms with Crippen molar-refractivity contribution < 1.29 is 32.3 Å². The third kappa shape index (κ3) is 11.4. The zero-order chi connectivity index (χ0) is 27.3. The van der Waals surface area contributed by atoms with E-state index in [0.29, 0.717) is 0 Å². The van der Waals surface area contributed by atoms with Crippen LogP contribution in [0.15, 0.2) is 60.7 Å². The normalized spacial score (nSPS) is 12.0. The third-order valence-corrected chi connectivity index (χ3v) is 6.67. The van der Waals surface area contributed by atoms with Crippen molar-refractivity contribution in [2.45, 2.75) is 39.5 Å². The minimum Gasteiger partial charge on any atom is -0.468 e. The predicted molar refractivity (Wildman–Crippen MR) is 139 cm³/mol. The Morgan fingerprint density at radius 2 is 1.54 bits per heavy atom. The van der Waals surface area contributed by atoms with Gasteiger partial charge < -0.3 is 19.7 Å². The summed E-state index contributed by atoms with van der Waals surface area (Å²) in [6.07, 6.45) is -0.492. The first kappa shape index (κ1) is 29.8. The summed E-state index contributed by atoms with van der Waals surface area (Å²) in [6.45, 7) is 3.40. The molecule has 0 bridgehead atoms. The van der Waals surface area contributed by atoms with E-state index in [1.54, 1.807) is 12.1 Å². The van der Waals surface area contributed by atoms with Gasteiger partial charge in [-0.1, -0.05) is 74.5 Å². The molecule has 0 saturated carbocycles. The number of hydrogen-bond acceptors (Lipinski definition) is 7. The van der Waals surface area contributed by atoms with Gasteiger partial charge in [0.2, 0.25) is 15.9 Å². The highest BCUT2D eigenvalue weighted by Crippen LogP contribution is 2.09. The smallest absolute Gasteiger partial charge is 0.407 e. The summed E-state index contributed by atoms with van der Waals surface area (Å²) in [7, 11) is -2.73. The molecule has 0 saturated heterocycles. The van der Waals surface area contributed by atoms with E-state index in [-0.39, 0.29) is 38.6 Å². The number of nitrogens with one attached hydrogen (secondary N) is 2. The van der Waals surface area contributed by atoms with Gasteiger partial charge in [0.05, 0.1) is 12.9 Å². The van der Waals surface area contributed by atoms with Gasteiger partial charge >= 0.3 is 12.1 Å². The minimum absolute atomic E-state index is 0.0516. The number of esters is 1. The van der Waals surface area contributed by atoms with Crippen LogP contribution in [0.4, 0.5) is 4.79 Å². The maximum Gasteiger partial charge on any atom is 0.407 e. The lowest BCUT2D eigenvalue weighted by molar-refractivity contribution is -0.143. The molecule has 1 atom stereocenters. The van der Waals surface area contributed by atoms with Crippen LogP contribution in [0.5, 0.6) is 0 Å². The van der Waals surface area contributed by atoms with Crippen molar-refractivity contribution >= 4 is 28.0 Å². The number of carbonyl (C=O) groups is 3. The lowest BCUT2D eigenvalue weighted by atomic mass is 10.1. The molecule has 10 nitrogen and oxygen atoms in total. The maximum atomic E-state index is 12.9. The summed E-state index contributed by atoms with van der Waals surface area (Å²) >= 11 is 0. The van der Waals surface area contributed by atoms with Crippen molar-refractivity contribution in [1.82, 2.24) is 14.9 Å². The molecular formula is C26H35N3O7S. The van der Waals surface area contributed by atoms with Gasteiger partial charge in [-0.3, -0.25) is 9.59 Å². The molecule has 2 aromatic carbocycles. The Hall–Kier alpha value is -3.44. The Bertz CT molecular complexity index is 1110. The number of alkyl carbamates (subject to hydrolysis) is 1. The van der Waals surface area contributed by atoms with Gasteiger partial charge in [0.1, 0.15) is 19.2 Å². The Balaban J connectivity index is 2.00. The van der Waals surface area contributed by atoms with Gasteiger partial charge in [-0.2, -0.15) is 0 Å². The zero-order valence-electron chi connectivity index (χ0n) is 21.4. The molecule has 37 heavy (non-hydrogen) atoms. The maximum absolute atomic E-state index is 12.9. The third-order valence-electron chi connectivity index (χ3n) is 5.31. The van der Waals surface area contributed by atoms with Gasteiger partial charge in [0.25, 0.3) is 0 Å². The fourth-order valence-corrected chi connectivity index (χ4v) is 4.65. The van der Waals surface area contributed by atoms with Crippen LogP contribution < -0.4 is 10.0 Å². The molecule has 2 rings (SSSR count). The molecule has 0 aromatic heterocycles. The molecule has 0 aliphatic rings. The fourth-order valence-electron chi connectivity index (χ4n) is 3.44. The summed E-state index contributed by atoms with van der Waals surface area (Å²) in [5.41, 5.74) is 1.59. The molecule has 0 aliphatic carbocycles. The van der Waals surface area contributed by atoms with E-state index in [4.69, 9.17) is 9.47 Å². The van der Waals surface area contributed by atoms with Gasteiger partial charge in [0, 0.05) is 13.1 Å². The quantitative estimate of drug-likeness (QED) is 0.357. The van der Waals surface area contributed by atoms with Crippen molar-refractivity contribution in [1.29, 1.82) is 0 Å². The first-order valence-electron chi connectivity index (χ1n) is 11.9. The lowest BCUT2D eigenvalue weighted by Crippen LogP contribution is -2.46. The van der Waals surface area contributed by atoms with Crippen molar-refractivity contribution in [3.63, 3.8) is 0 Å². The van der Waals surface area contributed by atoms with E-state index in [9.17, 15) is 22.8 Å². The SMILES string of the molecule is COC(=O)[C@H](CC(C)C)NS(=O)(=O)CCN(Cc1ccccc1)C(=O)CNC(=O)OCc1ccccc1. The second kappa shape index (κ2) is 15.0. The van der Waals surface area contributed by atoms with Crippen LogP contribution in [0.2, 0.25) is 0 Å². The van der Waals surface area contributed by atoms with Crippen molar-refractivity contribution in [3.8, 4) is 0 Å². The highest BCUT2D eigenvalue weighted by molar-refractivity contribution is 7.89. The summed E-state index contributed by atoms with van der Waals surface area (Å²) in [6, 6.07) is 17.1. The van der Waals surface area contributed by atoms with Gasteiger partial charge in [-0.15, -0.1) is 0 Å². The number of rotatable bonds is 14. The number of nitrogens with zero attached hydrogens (tertiary/aromatic N) is 1. The van der Waals surface area contributed by atoms with Crippen LogP contribution in [-0.2, 0) is 42.2 Å². The van der Waals surface area contributed by atoms with Crippen LogP contribution in [-0.4, -0.2) is 63.3 Å². The average molecular weight is 534 g/mol. The number of carbonyl (C=O) groups excluding carboxylic acids is 3. The van der Waals surface area contributed by atoms with Gasteiger partial charge in [0.15, 0.2) is 0 Å². The Kier molecular flexibility index (Phi) is 12.0. The molecule has 0 radical (unpaired) electrons. The standard InChI is InChI=1S/C26H35N3O7S/c1-20(2)16-23(25(31)35-3)28-37(33,34)15-14-29(18-21-10-6-4-7-11-21)24(30)17-27-26(32)36-19-22-12-8-5-9-13-22/h4-13,20,23,28H,14-19H2,1-3H3,(H,27,32)/t23-/m0/s1. The molecule has 0 heterocycles. The second-order valence-corrected chi connectivity index (χ2v) is 10.7. The number of methoxy groups -OCH3 is 1. The molecule has 2 amide bonds. The van der Waals surface area contributed by atoms with Crippen molar-refractivity contribution in [3.05, 3.63) is 71.8 Å². The van der Waals surface area contributed by atoms with Crippen LogP contribution in [0.1, 0.15) is 31.4 Å². The number of ether oxygens (including phenoxy) is 2. The molecule has 2 N–H and O–H groups in total. The molecule has 0 fully saturated rings. The van der Waals surface area contributed by atoms with E-state index in [2.05, 4.69) is 10.0 Å². The molecular weight excluding hydrogens is 498 g/mol. The largest absolute Gasteiger partial charge is 0.468 e. The Morgan fingerprint density at radius 1 is 0.946 bits per heavy atom. The number of sulfonamides is 1. The highest BCUT2D eigenvalue weighted by Gasteiger charge is 2.27. The molecule has 2 aromatic rings. The molecule has 0 spiro atoms. The number of benzene rings is 2. The van der Waals surface area contributed by atoms with Crippen LogP contribution in [0.3, 0.4) is 0 Å². The van der Waals surface area contributed by atoms with Crippen LogP contribution in [0, 0.1) is 5.92 Å². The average Bonchev–Trinajstić information content (AvgIpc) is 2.88. The van der Waals surface area contributed by atoms with Crippen LogP contribution in [0.25, 0.3) is 0 Å². The first-order chi connectivity index (χ1) is 17.6. The van der Waals surface area contributed by atoms with E-state index in [1.807, 2.05) is 62.4 Å². The van der Waals surface area contributed by atoms with Gasteiger partial charge in [-0.05, 0) is 23.5 Å². The zero-order valence-corrected chi connectivity index (χ0v) is 22.2. The lowest BCUT2D eigenvalue weighted by Gasteiger charge is -2.24. The first-order valence-corrected chi connectivity index (χ1v) is 13.6. The highest BCUT2D eigenvalue weighted by atomic mass is 32.2. The molecule has 202 valence electrons. The molecule has 0 unspecified atom stereocenters. The monoisotopic (exact) mass is 533 g/mol. The summed E-state index contributed by atoms with van der Waals surface area (Å²) in [5, 5.41) is 2.41. The van der Waals surface area contributed by atoms with E-state index >= 15 is 0 Å². The second-order valence-electron chi connectivity index (χ2n) is 8.86. The van der Waals surface area contributed by atoms with Crippen LogP contribution >= 0.6 is 0 Å². The summed E-state index contributed by atoms with van der Waals surface area (Å²) in [4.78, 5) is 38.4. The number of hydrogen-bond donors (Lipinski definition) is 2. The van der Waals surface area contributed by atoms with Crippen molar-refractivity contribution in [2.75, 3.05) is 26.0 Å². The summed E-state index contributed by atoms with van der Waals surface area (Å²) < 4.78 is 37.8. The van der Waals surface area contributed by atoms with E-state index in [1.165, 1.54) is 12.0 Å². The minimum atomic E-state index is -3.93. The van der Waals surface area contributed by atoms with Gasteiger partial charge in [-0.25, -0.2) is 17.9 Å². The van der Waals surface area contributed by atoms with Crippen molar-refractivity contribution in [2.24, 2.45) is 5.92 Å². The molecule has 0 aliphatic heterocycles. The van der Waals surface area contributed by atoms with E-state index < -0.39 is 39.8 Å². The topological polar surface area (TPSA) is 131 Å². The van der Waals surface area contributed by atoms with E-state index in [0.717, 1.165) is 11.1 Å². The molecule has 11 heteroatoms. The summed E-state index contributed by atoms with van der Waals surface area (Å²) in [5.74, 6) is -1.54. The Labute approximate surface area is 218 Å². The fraction of sp³-hybridized carbons (Fsp3) is 0.423. The number of amides is 2.